The summed E-state index contributed by atoms with van der Waals surface area (Å²) in [7, 11) is 0. The van der Waals surface area contributed by atoms with Gasteiger partial charge in [-0.1, -0.05) is 44.5 Å². The molecule has 0 aliphatic heterocycles. The van der Waals surface area contributed by atoms with Crippen LogP contribution in [0.5, 0.6) is 0 Å². The molecular formula is C13H19ClFN. The number of hydrogen-bond donors (Lipinski definition) is 1. The van der Waals surface area contributed by atoms with Gasteiger partial charge in [-0.15, -0.1) is 0 Å². The molecule has 0 heterocycles. The Morgan fingerprint density at radius 2 is 2.06 bits per heavy atom. The fourth-order valence-corrected chi connectivity index (χ4v) is 1.83. The Hall–Kier alpha value is -0.600. The Morgan fingerprint density at radius 3 is 2.56 bits per heavy atom. The highest BCUT2D eigenvalue weighted by atomic mass is 35.5. The van der Waals surface area contributed by atoms with Gasteiger partial charge in [-0.2, -0.15) is 0 Å². The van der Waals surface area contributed by atoms with Gasteiger partial charge in [-0.05, 0) is 35.9 Å². The van der Waals surface area contributed by atoms with Crippen LogP contribution >= 0.6 is 11.6 Å². The lowest BCUT2D eigenvalue weighted by Crippen LogP contribution is -2.35. The van der Waals surface area contributed by atoms with Crippen molar-refractivity contribution in [3.63, 3.8) is 0 Å². The molecule has 0 saturated carbocycles. The van der Waals surface area contributed by atoms with Crippen molar-refractivity contribution in [2.24, 2.45) is 17.1 Å². The van der Waals surface area contributed by atoms with Gasteiger partial charge in [0.1, 0.15) is 5.82 Å². The minimum Gasteiger partial charge on any atom is -0.330 e. The second-order valence-corrected chi connectivity index (χ2v) is 5.31. The summed E-state index contributed by atoms with van der Waals surface area (Å²) in [5.41, 5.74) is 6.34. The predicted molar refractivity (Wildman–Crippen MR) is 67.1 cm³/mol. The number of halogens is 2. The number of benzene rings is 1. The topological polar surface area (TPSA) is 26.0 Å². The van der Waals surface area contributed by atoms with Gasteiger partial charge in [0, 0.05) is 0 Å². The van der Waals surface area contributed by atoms with Crippen LogP contribution in [0.4, 0.5) is 4.39 Å². The molecule has 0 amide bonds. The molecule has 16 heavy (non-hydrogen) atoms. The minimum absolute atomic E-state index is 0.0917. The van der Waals surface area contributed by atoms with Crippen molar-refractivity contribution < 1.29 is 4.39 Å². The molecule has 0 spiro atoms. The van der Waals surface area contributed by atoms with E-state index in [0.29, 0.717) is 24.4 Å². The summed E-state index contributed by atoms with van der Waals surface area (Å²) in [6.45, 7) is 6.83. The first-order chi connectivity index (χ1) is 7.40. The van der Waals surface area contributed by atoms with Gasteiger partial charge in [-0.25, -0.2) is 4.39 Å². The van der Waals surface area contributed by atoms with Gasteiger partial charge in [0.15, 0.2) is 0 Å². The van der Waals surface area contributed by atoms with Crippen molar-refractivity contribution in [3.05, 3.63) is 34.6 Å². The maximum Gasteiger partial charge on any atom is 0.144 e. The van der Waals surface area contributed by atoms with Crippen LogP contribution in [0.1, 0.15) is 26.3 Å². The normalized spacial score (nSPS) is 15.2. The highest BCUT2D eigenvalue weighted by Gasteiger charge is 2.28. The Kier molecular flexibility index (Phi) is 4.34. The van der Waals surface area contributed by atoms with Crippen molar-refractivity contribution in [2.45, 2.75) is 27.2 Å². The van der Waals surface area contributed by atoms with Crippen molar-refractivity contribution in [2.75, 3.05) is 6.54 Å². The molecule has 0 saturated heterocycles. The standard InChI is InChI=1S/C13H19ClFN/c1-9(2)13(3,8-16)7-10-5-4-6-11(14)12(10)15/h4-6,9H,7-8,16H2,1-3H3. The first-order valence-electron chi connectivity index (χ1n) is 5.53. The zero-order valence-electron chi connectivity index (χ0n) is 10.1. The van der Waals surface area contributed by atoms with Crippen molar-refractivity contribution in [1.82, 2.24) is 0 Å². The lowest BCUT2D eigenvalue weighted by Gasteiger charge is -2.32. The van der Waals surface area contributed by atoms with Crippen LogP contribution in [0, 0.1) is 17.2 Å². The second-order valence-electron chi connectivity index (χ2n) is 4.90. The quantitative estimate of drug-likeness (QED) is 0.859. The minimum atomic E-state index is -0.315. The van der Waals surface area contributed by atoms with Crippen LogP contribution in [0.2, 0.25) is 5.02 Å². The van der Waals surface area contributed by atoms with Crippen LogP contribution in [0.25, 0.3) is 0 Å². The van der Waals surface area contributed by atoms with E-state index in [0.717, 1.165) is 0 Å². The van der Waals surface area contributed by atoms with E-state index in [4.69, 9.17) is 17.3 Å². The second kappa shape index (κ2) is 5.15. The SMILES string of the molecule is CC(C)C(C)(CN)Cc1cccc(Cl)c1F. The molecular weight excluding hydrogens is 225 g/mol. The zero-order chi connectivity index (χ0) is 12.3. The summed E-state index contributed by atoms with van der Waals surface area (Å²) in [5.74, 6) is 0.0837. The Labute approximate surface area is 102 Å². The van der Waals surface area contributed by atoms with Crippen LogP contribution in [0.3, 0.4) is 0 Å². The van der Waals surface area contributed by atoms with Crippen molar-refractivity contribution in [3.8, 4) is 0 Å². The summed E-state index contributed by atoms with van der Waals surface area (Å²) in [4.78, 5) is 0. The Morgan fingerprint density at radius 1 is 1.44 bits per heavy atom. The van der Waals surface area contributed by atoms with Gasteiger partial charge in [0.25, 0.3) is 0 Å². The molecule has 0 bridgehead atoms. The van der Waals surface area contributed by atoms with Gasteiger partial charge >= 0.3 is 0 Å². The molecule has 0 aliphatic rings. The fourth-order valence-electron chi connectivity index (χ4n) is 1.63. The number of rotatable bonds is 4. The summed E-state index contributed by atoms with van der Waals surface area (Å²) in [5, 5.41) is 0.181. The third-order valence-corrected chi connectivity index (χ3v) is 3.78. The average molecular weight is 244 g/mol. The summed E-state index contributed by atoms with van der Waals surface area (Å²) < 4.78 is 13.8. The van der Waals surface area contributed by atoms with Crippen molar-refractivity contribution >= 4 is 11.6 Å². The summed E-state index contributed by atoms with van der Waals surface area (Å²) in [6.07, 6.45) is 0.619. The van der Waals surface area contributed by atoms with E-state index in [1.54, 1.807) is 18.2 Å². The Bertz CT molecular complexity index is 365. The van der Waals surface area contributed by atoms with Gasteiger partial charge in [0.05, 0.1) is 5.02 Å². The first-order valence-corrected chi connectivity index (χ1v) is 5.91. The van der Waals surface area contributed by atoms with E-state index in [2.05, 4.69) is 20.8 Å². The third kappa shape index (κ3) is 2.74. The molecule has 1 unspecified atom stereocenters. The van der Waals surface area contributed by atoms with E-state index in [9.17, 15) is 4.39 Å². The maximum absolute atomic E-state index is 13.8. The molecule has 0 aliphatic carbocycles. The molecule has 0 fully saturated rings. The van der Waals surface area contributed by atoms with Crippen molar-refractivity contribution in [1.29, 1.82) is 0 Å². The van der Waals surface area contributed by atoms with E-state index in [1.807, 2.05) is 0 Å². The molecule has 1 aromatic carbocycles. The monoisotopic (exact) mass is 243 g/mol. The largest absolute Gasteiger partial charge is 0.330 e. The Balaban J connectivity index is 2.99. The molecule has 0 aromatic heterocycles. The molecule has 1 nitrogen and oxygen atoms in total. The molecule has 0 radical (unpaired) electrons. The zero-order valence-corrected chi connectivity index (χ0v) is 10.8. The molecule has 90 valence electrons. The van der Waals surface area contributed by atoms with Crippen LogP contribution < -0.4 is 5.73 Å². The van der Waals surface area contributed by atoms with Crippen LogP contribution in [-0.4, -0.2) is 6.54 Å². The first kappa shape index (κ1) is 13.5. The van der Waals surface area contributed by atoms with Crippen LogP contribution in [0.15, 0.2) is 18.2 Å². The molecule has 3 heteroatoms. The third-order valence-electron chi connectivity index (χ3n) is 3.49. The average Bonchev–Trinajstić information content (AvgIpc) is 2.24. The molecule has 2 N–H and O–H groups in total. The maximum atomic E-state index is 13.8. The van der Waals surface area contributed by atoms with E-state index >= 15 is 0 Å². The van der Waals surface area contributed by atoms with E-state index in [-0.39, 0.29) is 16.3 Å². The summed E-state index contributed by atoms with van der Waals surface area (Å²) >= 11 is 5.76. The fraction of sp³-hybridized carbons (Fsp3) is 0.538. The summed E-state index contributed by atoms with van der Waals surface area (Å²) in [6, 6.07) is 5.12. The highest BCUT2D eigenvalue weighted by molar-refractivity contribution is 6.30. The molecule has 1 rings (SSSR count). The molecule has 1 atom stereocenters. The number of nitrogens with two attached hydrogens (primary N) is 1. The highest BCUT2D eigenvalue weighted by Crippen LogP contribution is 2.32. The number of hydrogen-bond acceptors (Lipinski definition) is 1. The van der Waals surface area contributed by atoms with Gasteiger partial charge in [0.2, 0.25) is 0 Å². The van der Waals surface area contributed by atoms with Crippen LogP contribution in [-0.2, 0) is 6.42 Å². The lowest BCUT2D eigenvalue weighted by atomic mass is 9.74. The lowest BCUT2D eigenvalue weighted by molar-refractivity contribution is 0.225. The van der Waals surface area contributed by atoms with E-state index < -0.39 is 0 Å². The van der Waals surface area contributed by atoms with Gasteiger partial charge in [-0.3, -0.25) is 0 Å². The van der Waals surface area contributed by atoms with E-state index in [1.165, 1.54) is 0 Å². The molecule has 1 aromatic rings. The van der Waals surface area contributed by atoms with Gasteiger partial charge < -0.3 is 5.73 Å². The predicted octanol–water partition coefficient (Wildman–Crippen LogP) is 3.64. The smallest absolute Gasteiger partial charge is 0.144 e.